The van der Waals surface area contributed by atoms with Gasteiger partial charge in [-0.2, -0.15) is 0 Å². The van der Waals surface area contributed by atoms with E-state index in [0.717, 1.165) is 5.01 Å². The molecule has 108 valence electrons. The molecule has 3 aromatic heterocycles. The Hall–Kier alpha value is -2.28. The minimum atomic E-state index is -0.0873. The van der Waals surface area contributed by atoms with Crippen molar-refractivity contribution in [1.29, 1.82) is 0 Å². The summed E-state index contributed by atoms with van der Waals surface area (Å²) in [6.45, 7) is 3.79. The summed E-state index contributed by atoms with van der Waals surface area (Å²) in [7, 11) is 1.78. The highest BCUT2D eigenvalue weighted by Gasteiger charge is 2.25. The van der Waals surface area contributed by atoms with Gasteiger partial charge < -0.3 is 4.90 Å². The maximum atomic E-state index is 12.8. The summed E-state index contributed by atoms with van der Waals surface area (Å²) in [6, 6.07) is 1.70. The van der Waals surface area contributed by atoms with Gasteiger partial charge in [-0.1, -0.05) is 0 Å². The zero-order valence-electron chi connectivity index (χ0n) is 12.0. The molecule has 0 spiro atoms. The second-order valence-corrected chi connectivity index (χ2v) is 5.72. The van der Waals surface area contributed by atoms with Crippen molar-refractivity contribution in [3.63, 3.8) is 0 Å². The maximum absolute atomic E-state index is 12.8. The summed E-state index contributed by atoms with van der Waals surface area (Å²) < 4.78 is 1.72. The number of rotatable bonds is 3. The lowest BCUT2D eigenvalue weighted by molar-refractivity contribution is 0.0734. The molecule has 3 heterocycles. The average Bonchev–Trinajstić information content (AvgIpc) is 3.11. The van der Waals surface area contributed by atoms with Gasteiger partial charge in [0, 0.05) is 31.0 Å². The second kappa shape index (κ2) is 5.25. The highest BCUT2D eigenvalue weighted by molar-refractivity contribution is 7.09. The fourth-order valence-electron chi connectivity index (χ4n) is 2.20. The number of hydrogen-bond donors (Lipinski definition) is 0. The number of thiazole rings is 1. The third-order valence-corrected chi connectivity index (χ3v) is 4.44. The number of hydrogen-bond acceptors (Lipinski definition) is 5. The zero-order chi connectivity index (χ0) is 15.0. The Morgan fingerprint density at radius 2 is 2.19 bits per heavy atom. The third kappa shape index (κ3) is 2.29. The molecule has 0 unspecified atom stereocenters. The van der Waals surface area contributed by atoms with E-state index in [0.29, 0.717) is 17.2 Å². The van der Waals surface area contributed by atoms with Crippen LogP contribution in [0.3, 0.4) is 0 Å². The number of fused-ring (bicyclic) bond motifs is 1. The van der Waals surface area contributed by atoms with Crippen molar-refractivity contribution in [2.45, 2.75) is 19.9 Å². The number of aromatic nitrogens is 4. The van der Waals surface area contributed by atoms with E-state index in [-0.39, 0.29) is 11.9 Å². The Morgan fingerprint density at radius 3 is 2.90 bits per heavy atom. The molecule has 0 aliphatic rings. The van der Waals surface area contributed by atoms with Gasteiger partial charge in [-0.15, -0.1) is 11.3 Å². The van der Waals surface area contributed by atoms with Crippen molar-refractivity contribution < 1.29 is 4.79 Å². The van der Waals surface area contributed by atoms with Crippen LogP contribution >= 0.6 is 11.3 Å². The third-order valence-electron chi connectivity index (χ3n) is 3.49. The van der Waals surface area contributed by atoms with E-state index in [1.54, 1.807) is 52.3 Å². The molecule has 3 aromatic rings. The summed E-state index contributed by atoms with van der Waals surface area (Å²) in [6.07, 6.45) is 5.22. The van der Waals surface area contributed by atoms with Crippen LogP contribution in [0.15, 0.2) is 30.0 Å². The van der Waals surface area contributed by atoms with E-state index in [4.69, 9.17) is 0 Å². The van der Waals surface area contributed by atoms with Crippen molar-refractivity contribution >= 4 is 23.0 Å². The summed E-state index contributed by atoms with van der Waals surface area (Å²) in [4.78, 5) is 27.2. The molecule has 0 N–H and O–H groups in total. The highest BCUT2D eigenvalue weighted by atomic mass is 32.1. The summed E-state index contributed by atoms with van der Waals surface area (Å²) in [5.74, 6) is 0.448. The Labute approximate surface area is 126 Å². The van der Waals surface area contributed by atoms with Crippen LogP contribution in [-0.4, -0.2) is 37.2 Å². The summed E-state index contributed by atoms with van der Waals surface area (Å²) in [5.41, 5.74) is 1.22. The monoisotopic (exact) mass is 301 g/mol. The molecule has 21 heavy (non-hydrogen) atoms. The minimum Gasteiger partial charge on any atom is -0.331 e. The van der Waals surface area contributed by atoms with Crippen molar-refractivity contribution in [3.05, 3.63) is 46.4 Å². The normalized spacial score (nSPS) is 12.5. The van der Waals surface area contributed by atoms with E-state index >= 15 is 0 Å². The van der Waals surface area contributed by atoms with E-state index in [2.05, 4.69) is 15.0 Å². The van der Waals surface area contributed by atoms with Crippen LogP contribution < -0.4 is 0 Å². The van der Waals surface area contributed by atoms with Crippen LogP contribution in [0, 0.1) is 6.92 Å². The number of imidazole rings is 1. The predicted octanol–water partition coefficient (Wildman–Crippen LogP) is 2.33. The lowest BCUT2D eigenvalue weighted by atomic mass is 10.2. The first kappa shape index (κ1) is 13.7. The van der Waals surface area contributed by atoms with Gasteiger partial charge >= 0.3 is 0 Å². The van der Waals surface area contributed by atoms with Gasteiger partial charge in [0.15, 0.2) is 0 Å². The molecule has 0 bridgehead atoms. The molecule has 1 atom stereocenters. The average molecular weight is 301 g/mol. The maximum Gasteiger partial charge on any atom is 0.273 e. The topological polar surface area (TPSA) is 63.4 Å². The van der Waals surface area contributed by atoms with Crippen molar-refractivity contribution in [1.82, 2.24) is 24.3 Å². The summed E-state index contributed by atoms with van der Waals surface area (Å²) >= 11 is 1.54. The fraction of sp³-hybridized carbons (Fsp3) is 0.286. The first-order valence-electron chi connectivity index (χ1n) is 6.56. The molecule has 0 aliphatic heterocycles. The van der Waals surface area contributed by atoms with E-state index in [1.165, 1.54) is 0 Å². The van der Waals surface area contributed by atoms with Crippen molar-refractivity contribution in [2.24, 2.45) is 0 Å². The number of nitrogens with zero attached hydrogens (tertiary/aromatic N) is 5. The number of amides is 1. The van der Waals surface area contributed by atoms with Crippen LogP contribution in [0.1, 0.15) is 34.2 Å². The van der Waals surface area contributed by atoms with Crippen LogP contribution in [0.4, 0.5) is 0 Å². The van der Waals surface area contributed by atoms with Gasteiger partial charge in [0.2, 0.25) is 5.78 Å². The largest absolute Gasteiger partial charge is 0.331 e. The molecule has 0 saturated heterocycles. The van der Waals surface area contributed by atoms with Crippen LogP contribution in [0.5, 0.6) is 0 Å². The second-order valence-electron chi connectivity index (χ2n) is 4.80. The quantitative estimate of drug-likeness (QED) is 0.745. The first-order chi connectivity index (χ1) is 10.1. The van der Waals surface area contributed by atoms with Gasteiger partial charge in [-0.05, 0) is 19.9 Å². The molecule has 0 aromatic carbocycles. The molecular formula is C14H15N5OS. The highest BCUT2D eigenvalue weighted by Crippen LogP contribution is 2.23. The fourth-order valence-corrected chi connectivity index (χ4v) is 2.94. The molecule has 0 fully saturated rings. The van der Waals surface area contributed by atoms with Gasteiger partial charge in [0.1, 0.15) is 10.7 Å². The number of carbonyl (C=O) groups excluding carboxylic acids is 1. The first-order valence-corrected chi connectivity index (χ1v) is 7.43. The van der Waals surface area contributed by atoms with Crippen molar-refractivity contribution in [3.8, 4) is 0 Å². The summed E-state index contributed by atoms with van der Waals surface area (Å²) in [5, 5.41) is 2.82. The Morgan fingerprint density at radius 1 is 1.38 bits per heavy atom. The number of aryl methyl sites for hydroxylation is 1. The van der Waals surface area contributed by atoms with Gasteiger partial charge in [0.05, 0.1) is 11.7 Å². The van der Waals surface area contributed by atoms with Gasteiger partial charge in [-0.25, -0.2) is 15.0 Å². The smallest absolute Gasteiger partial charge is 0.273 e. The van der Waals surface area contributed by atoms with Crippen LogP contribution in [-0.2, 0) is 0 Å². The molecule has 0 radical (unpaired) electrons. The van der Waals surface area contributed by atoms with Gasteiger partial charge in [0.25, 0.3) is 5.91 Å². The zero-order valence-corrected chi connectivity index (χ0v) is 12.8. The molecular weight excluding hydrogens is 286 g/mol. The predicted molar refractivity (Wildman–Crippen MR) is 80.3 cm³/mol. The molecule has 3 rings (SSSR count). The Balaban J connectivity index is 1.99. The Bertz CT molecular complexity index is 780. The Kier molecular flexibility index (Phi) is 3.42. The molecule has 7 heteroatoms. The molecule has 6 nitrogen and oxygen atoms in total. The SMILES string of the molecule is Cc1nc2ncccn2c1C(=O)N(C)[C@H](C)c1nccs1. The minimum absolute atomic E-state index is 0.0841. The van der Waals surface area contributed by atoms with E-state index in [9.17, 15) is 4.79 Å². The van der Waals surface area contributed by atoms with Crippen LogP contribution in [0.25, 0.3) is 5.78 Å². The molecule has 0 saturated carbocycles. The number of carbonyl (C=O) groups is 1. The van der Waals surface area contributed by atoms with E-state index < -0.39 is 0 Å². The molecule has 0 aliphatic carbocycles. The van der Waals surface area contributed by atoms with Crippen LogP contribution in [0.2, 0.25) is 0 Å². The molecule has 1 amide bonds. The van der Waals surface area contributed by atoms with Crippen molar-refractivity contribution in [2.75, 3.05) is 7.05 Å². The van der Waals surface area contributed by atoms with E-state index in [1.807, 2.05) is 19.2 Å². The lowest BCUT2D eigenvalue weighted by Crippen LogP contribution is -2.31. The van der Waals surface area contributed by atoms with Gasteiger partial charge in [-0.3, -0.25) is 9.20 Å². The standard InChI is InChI=1S/C14H15N5OS/c1-9-11(19-7-4-5-16-14(19)17-9)13(20)18(3)10(2)12-15-6-8-21-12/h4-8,10H,1-3H3/t10-/m1/s1. The lowest BCUT2D eigenvalue weighted by Gasteiger charge is -2.23.